The van der Waals surface area contributed by atoms with Crippen LogP contribution in [0.5, 0.6) is 5.75 Å². The van der Waals surface area contributed by atoms with E-state index in [4.69, 9.17) is 9.47 Å². The maximum atomic E-state index is 13.0. The summed E-state index contributed by atoms with van der Waals surface area (Å²) in [5, 5.41) is 12.0. The number of β-amino-alcohol motifs (C(OH)–C–C–N with tert-alkyl or cyclic N) is 1. The first kappa shape index (κ1) is 20.2. The number of anilines is 1. The van der Waals surface area contributed by atoms with Crippen molar-refractivity contribution in [3.8, 4) is 5.75 Å². The Morgan fingerprint density at radius 3 is 2.47 bits per heavy atom. The largest absolute Gasteiger partial charge is 0.491 e. The van der Waals surface area contributed by atoms with Crippen molar-refractivity contribution >= 4 is 32.5 Å². The molecule has 7 nitrogen and oxygen atoms in total. The highest BCUT2D eigenvalue weighted by Crippen LogP contribution is 2.41. The van der Waals surface area contributed by atoms with Crippen LogP contribution >= 0.6 is 0 Å². The van der Waals surface area contributed by atoms with Crippen LogP contribution in [0.1, 0.15) is 17.3 Å². The third kappa shape index (κ3) is 3.59. The number of hydrogen-bond acceptors (Lipinski definition) is 6. The van der Waals surface area contributed by atoms with Crippen molar-refractivity contribution in [3.05, 3.63) is 66.2 Å². The van der Waals surface area contributed by atoms with Crippen molar-refractivity contribution in [3.63, 3.8) is 0 Å². The van der Waals surface area contributed by atoms with Gasteiger partial charge >= 0.3 is 5.97 Å². The summed E-state index contributed by atoms with van der Waals surface area (Å²) >= 11 is 0. The van der Waals surface area contributed by atoms with Crippen LogP contribution in [-0.2, 0) is 14.8 Å². The Balaban J connectivity index is 1.44. The summed E-state index contributed by atoms with van der Waals surface area (Å²) in [5.74, 6) is 0.0360. The maximum Gasteiger partial charge on any atom is 0.338 e. The number of aliphatic hydroxyl groups is 1. The summed E-state index contributed by atoms with van der Waals surface area (Å²) in [5.41, 5.74) is 0.958. The molecular weight excluding hydrogens is 406 g/mol. The van der Waals surface area contributed by atoms with Gasteiger partial charge in [0.2, 0.25) is 0 Å². The van der Waals surface area contributed by atoms with Gasteiger partial charge in [-0.2, -0.15) is 0 Å². The second-order valence-electron chi connectivity index (χ2n) is 6.88. The molecule has 0 amide bonds. The Kier molecular flexibility index (Phi) is 5.36. The summed E-state index contributed by atoms with van der Waals surface area (Å²) < 4.78 is 37.6. The molecule has 0 unspecified atom stereocenters. The highest BCUT2D eigenvalue weighted by molar-refractivity contribution is 7.93. The lowest BCUT2D eigenvalue weighted by Crippen LogP contribution is -2.37. The zero-order valence-corrected chi connectivity index (χ0v) is 17.1. The lowest BCUT2D eigenvalue weighted by molar-refractivity contribution is 0.0526. The predicted octanol–water partition coefficient (Wildman–Crippen LogP) is 2.97. The van der Waals surface area contributed by atoms with E-state index in [0.29, 0.717) is 29.0 Å². The molecule has 8 heteroatoms. The van der Waals surface area contributed by atoms with Crippen LogP contribution in [-0.4, -0.2) is 45.4 Å². The molecule has 0 bridgehead atoms. The van der Waals surface area contributed by atoms with Crippen molar-refractivity contribution in [1.82, 2.24) is 0 Å². The SMILES string of the molecule is CCOC(=O)c1ccc(OC[C@H](O)CN2c3cccc4cccc(c34)S2(=O)=O)cc1. The van der Waals surface area contributed by atoms with Crippen molar-refractivity contribution in [2.45, 2.75) is 17.9 Å². The number of ether oxygens (including phenoxy) is 2. The molecule has 0 aliphatic carbocycles. The van der Waals surface area contributed by atoms with Gasteiger partial charge in [-0.05, 0) is 48.7 Å². The lowest BCUT2D eigenvalue weighted by Gasteiger charge is -2.22. The molecule has 0 radical (unpaired) electrons. The molecule has 156 valence electrons. The van der Waals surface area contributed by atoms with Crippen LogP contribution in [0.25, 0.3) is 10.8 Å². The summed E-state index contributed by atoms with van der Waals surface area (Å²) in [7, 11) is -3.73. The van der Waals surface area contributed by atoms with Gasteiger partial charge in [-0.3, -0.25) is 4.31 Å². The molecule has 0 saturated heterocycles. The highest BCUT2D eigenvalue weighted by Gasteiger charge is 2.36. The van der Waals surface area contributed by atoms with Crippen molar-refractivity contribution in [2.24, 2.45) is 0 Å². The molecule has 1 N–H and O–H groups in total. The fraction of sp³-hybridized carbons (Fsp3) is 0.227. The maximum absolute atomic E-state index is 13.0. The van der Waals surface area contributed by atoms with Crippen LogP contribution < -0.4 is 9.04 Å². The van der Waals surface area contributed by atoms with E-state index in [1.165, 1.54) is 4.31 Å². The fourth-order valence-corrected chi connectivity index (χ4v) is 5.24. The van der Waals surface area contributed by atoms with Gasteiger partial charge in [-0.15, -0.1) is 0 Å². The van der Waals surface area contributed by atoms with Crippen LogP contribution in [0.2, 0.25) is 0 Å². The van der Waals surface area contributed by atoms with Crippen LogP contribution in [0.15, 0.2) is 65.6 Å². The third-order valence-electron chi connectivity index (χ3n) is 4.87. The second kappa shape index (κ2) is 7.97. The second-order valence-corrected chi connectivity index (χ2v) is 8.71. The molecule has 4 rings (SSSR count). The first-order valence-electron chi connectivity index (χ1n) is 9.54. The Labute approximate surface area is 174 Å². The molecule has 1 aliphatic rings. The average molecular weight is 427 g/mol. The predicted molar refractivity (Wildman–Crippen MR) is 112 cm³/mol. The number of hydrogen-bond donors (Lipinski definition) is 1. The van der Waals surface area contributed by atoms with E-state index in [-0.39, 0.29) is 18.0 Å². The molecule has 1 heterocycles. The van der Waals surface area contributed by atoms with E-state index < -0.39 is 22.1 Å². The molecule has 1 aliphatic heterocycles. The standard InChI is InChI=1S/C22H21NO6S/c1-2-28-22(25)16-9-11-18(12-10-16)29-14-17(24)13-23-19-7-3-5-15-6-4-8-20(21(15)19)30(23,26)27/h3-12,17,24H,2,13-14H2,1H3/t17-/m1/s1. The molecule has 0 saturated carbocycles. The number of nitrogens with zero attached hydrogens (tertiary/aromatic N) is 1. The molecule has 30 heavy (non-hydrogen) atoms. The first-order chi connectivity index (χ1) is 14.4. The third-order valence-corrected chi connectivity index (χ3v) is 6.69. The van der Waals surface area contributed by atoms with Crippen molar-refractivity contribution in [1.29, 1.82) is 0 Å². The summed E-state index contributed by atoms with van der Waals surface area (Å²) in [4.78, 5) is 11.9. The monoisotopic (exact) mass is 427 g/mol. The van der Waals surface area contributed by atoms with Gasteiger partial charge in [0.15, 0.2) is 0 Å². The number of esters is 1. The molecule has 1 atom stereocenters. The quantitative estimate of drug-likeness (QED) is 0.583. The van der Waals surface area contributed by atoms with Crippen molar-refractivity contribution < 1.29 is 27.8 Å². The van der Waals surface area contributed by atoms with Crippen LogP contribution in [0, 0.1) is 0 Å². The minimum atomic E-state index is -3.73. The van der Waals surface area contributed by atoms with E-state index in [2.05, 4.69) is 0 Å². The van der Waals surface area contributed by atoms with Gasteiger partial charge in [0.1, 0.15) is 18.5 Å². The van der Waals surface area contributed by atoms with E-state index in [1.807, 2.05) is 12.1 Å². The number of rotatable bonds is 7. The zero-order valence-electron chi connectivity index (χ0n) is 16.3. The van der Waals surface area contributed by atoms with E-state index in [1.54, 1.807) is 55.5 Å². The lowest BCUT2D eigenvalue weighted by atomic mass is 10.1. The molecule has 3 aromatic rings. The summed E-state index contributed by atoms with van der Waals surface area (Å²) in [6.45, 7) is 1.80. The van der Waals surface area contributed by atoms with E-state index >= 15 is 0 Å². The van der Waals surface area contributed by atoms with Crippen LogP contribution in [0.4, 0.5) is 5.69 Å². The first-order valence-corrected chi connectivity index (χ1v) is 11.0. The van der Waals surface area contributed by atoms with Gasteiger partial charge < -0.3 is 14.6 Å². The molecule has 0 fully saturated rings. The number of benzene rings is 3. The number of aliphatic hydroxyl groups excluding tert-OH is 1. The molecule has 0 aromatic heterocycles. The zero-order chi connectivity index (χ0) is 21.3. The summed E-state index contributed by atoms with van der Waals surface area (Å²) in [6, 6.07) is 16.9. The number of sulfonamides is 1. The Morgan fingerprint density at radius 2 is 1.77 bits per heavy atom. The fourth-order valence-electron chi connectivity index (χ4n) is 3.49. The normalized spacial score (nSPS) is 15.2. The average Bonchev–Trinajstić information content (AvgIpc) is 2.96. The smallest absolute Gasteiger partial charge is 0.338 e. The Morgan fingerprint density at radius 1 is 1.07 bits per heavy atom. The minimum Gasteiger partial charge on any atom is -0.491 e. The number of carbonyl (C=O) groups is 1. The van der Waals surface area contributed by atoms with E-state index in [9.17, 15) is 18.3 Å². The molecule has 3 aromatic carbocycles. The Hall–Kier alpha value is -3.10. The van der Waals surface area contributed by atoms with Gasteiger partial charge in [0.25, 0.3) is 10.0 Å². The highest BCUT2D eigenvalue weighted by atomic mass is 32.2. The van der Waals surface area contributed by atoms with Gasteiger partial charge in [-0.1, -0.05) is 24.3 Å². The van der Waals surface area contributed by atoms with Crippen LogP contribution in [0.3, 0.4) is 0 Å². The minimum absolute atomic E-state index is 0.100. The molecule has 0 spiro atoms. The van der Waals surface area contributed by atoms with Crippen molar-refractivity contribution in [2.75, 3.05) is 24.1 Å². The summed E-state index contributed by atoms with van der Waals surface area (Å²) in [6.07, 6.45) is -1.05. The van der Waals surface area contributed by atoms with E-state index in [0.717, 1.165) is 5.39 Å². The Bertz CT molecular complexity index is 1180. The topological polar surface area (TPSA) is 93.1 Å². The van der Waals surface area contributed by atoms with Gasteiger partial charge in [0.05, 0.1) is 29.3 Å². The van der Waals surface area contributed by atoms with Gasteiger partial charge in [-0.25, -0.2) is 13.2 Å². The molecular formula is C22H21NO6S. The van der Waals surface area contributed by atoms with Gasteiger partial charge in [0, 0.05) is 5.39 Å². The number of carbonyl (C=O) groups excluding carboxylic acids is 1.